The maximum Gasteiger partial charge on any atom is 0.338 e. The minimum Gasteiger partial charge on any atom is -0.497 e. The van der Waals surface area contributed by atoms with Gasteiger partial charge in [0.05, 0.1) is 32.4 Å². The fourth-order valence-electron chi connectivity index (χ4n) is 2.73. The third kappa shape index (κ3) is 4.47. The number of ether oxygens (including phenoxy) is 3. The van der Waals surface area contributed by atoms with Crippen molar-refractivity contribution >= 4 is 12.0 Å². The van der Waals surface area contributed by atoms with Crippen LogP contribution < -0.4 is 20.1 Å². The van der Waals surface area contributed by atoms with Crippen LogP contribution in [0.3, 0.4) is 0 Å². The first-order valence-corrected chi connectivity index (χ1v) is 8.54. The standard InChI is InChI=1S/C19H26N2O5/c1-11(2)8-9-26-18(22)16-12(3)20-19(23)21-17(16)14-10-13(24-4)6-7-15(14)25-5/h6-7,10-11,17H,8-9H2,1-5H3,(H2,20,21,23)/t17-/m0/s1. The Hall–Kier alpha value is -2.70. The van der Waals surface area contributed by atoms with Crippen LogP contribution in [0.2, 0.25) is 0 Å². The monoisotopic (exact) mass is 362 g/mol. The molecule has 0 aliphatic carbocycles. The summed E-state index contributed by atoms with van der Waals surface area (Å²) in [5.41, 5.74) is 1.43. The van der Waals surface area contributed by atoms with Gasteiger partial charge in [-0.2, -0.15) is 0 Å². The molecule has 142 valence electrons. The Kier molecular flexibility index (Phi) is 6.49. The number of rotatable bonds is 7. The van der Waals surface area contributed by atoms with Crippen LogP contribution in [0.15, 0.2) is 29.5 Å². The van der Waals surface area contributed by atoms with Crippen molar-refractivity contribution in [1.29, 1.82) is 0 Å². The van der Waals surface area contributed by atoms with Gasteiger partial charge in [0.15, 0.2) is 0 Å². The molecule has 1 aromatic rings. The van der Waals surface area contributed by atoms with Gasteiger partial charge in [-0.25, -0.2) is 9.59 Å². The Labute approximate surface area is 153 Å². The molecule has 1 aromatic carbocycles. The van der Waals surface area contributed by atoms with Crippen LogP contribution in [-0.2, 0) is 9.53 Å². The second-order valence-electron chi connectivity index (χ2n) is 6.50. The van der Waals surface area contributed by atoms with Gasteiger partial charge in [-0.3, -0.25) is 0 Å². The predicted octanol–water partition coefficient (Wildman–Crippen LogP) is 2.92. The lowest BCUT2D eigenvalue weighted by molar-refractivity contribution is -0.139. The highest BCUT2D eigenvalue weighted by Crippen LogP contribution is 2.35. The van der Waals surface area contributed by atoms with Crippen molar-refractivity contribution in [2.24, 2.45) is 5.92 Å². The smallest absolute Gasteiger partial charge is 0.338 e. The van der Waals surface area contributed by atoms with E-state index in [1.807, 2.05) is 0 Å². The largest absolute Gasteiger partial charge is 0.497 e. The third-order valence-electron chi connectivity index (χ3n) is 4.17. The maximum absolute atomic E-state index is 12.7. The second kappa shape index (κ2) is 8.60. The molecule has 2 amide bonds. The highest BCUT2D eigenvalue weighted by Gasteiger charge is 2.34. The quantitative estimate of drug-likeness (QED) is 0.729. The van der Waals surface area contributed by atoms with Crippen molar-refractivity contribution in [3.05, 3.63) is 35.0 Å². The Balaban J connectivity index is 2.39. The van der Waals surface area contributed by atoms with Gasteiger partial charge in [0.25, 0.3) is 0 Å². The fraction of sp³-hybridized carbons (Fsp3) is 0.474. The number of allylic oxidation sites excluding steroid dienone is 1. The van der Waals surface area contributed by atoms with Crippen LogP contribution in [0.5, 0.6) is 11.5 Å². The number of benzene rings is 1. The van der Waals surface area contributed by atoms with Crippen molar-refractivity contribution < 1.29 is 23.8 Å². The summed E-state index contributed by atoms with van der Waals surface area (Å²) in [6.07, 6.45) is 0.769. The summed E-state index contributed by atoms with van der Waals surface area (Å²) in [7, 11) is 3.08. The van der Waals surface area contributed by atoms with Gasteiger partial charge in [0.1, 0.15) is 11.5 Å². The number of nitrogens with one attached hydrogen (secondary N) is 2. The van der Waals surface area contributed by atoms with E-state index in [-0.39, 0.29) is 0 Å². The van der Waals surface area contributed by atoms with Gasteiger partial charge in [0, 0.05) is 11.3 Å². The molecule has 0 aromatic heterocycles. The molecule has 1 aliphatic rings. The zero-order chi connectivity index (χ0) is 19.3. The minimum atomic E-state index is -0.694. The summed E-state index contributed by atoms with van der Waals surface area (Å²) in [6, 6.07) is 4.14. The minimum absolute atomic E-state index is 0.323. The molecule has 1 atom stereocenters. The Morgan fingerprint density at radius 1 is 1.23 bits per heavy atom. The maximum atomic E-state index is 12.7. The lowest BCUT2D eigenvalue weighted by Crippen LogP contribution is -2.45. The molecule has 26 heavy (non-hydrogen) atoms. The van der Waals surface area contributed by atoms with Gasteiger partial charge in [-0.05, 0) is 37.5 Å². The molecule has 2 N–H and O–H groups in total. The highest BCUT2D eigenvalue weighted by molar-refractivity contribution is 5.95. The van der Waals surface area contributed by atoms with E-state index in [4.69, 9.17) is 14.2 Å². The molecule has 0 radical (unpaired) electrons. The Morgan fingerprint density at radius 3 is 2.58 bits per heavy atom. The van der Waals surface area contributed by atoms with Crippen molar-refractivity contribution in [2.45, 2.75) is 33.2 Å². The lowest BCUT2D eigenvalue weighted by Gasteiger charge is -2.29. The van der Waals surface area contributed by atoms with Crippen LogP contribution in [-0.4, -0.2) is 32.8 Å². The van der Waals surface area contributed by atoms with Crippen LogP contribution >= 0.6 is 0 Å². The van der Waals surface area contributed by atoms with Crippen LogP contribution in [0.25, 0.3) is 0 Å². The SMILES string of the molecule is COc1ccc(OC)c([C@@H]2NC(=O)NC(C)=C2C(=O)OCCC(C)C)c1. The first-order valence-electron chi connectivity index (χ1n) is 8.54. The molecular weight excluding hydrogens is 336 g/mol. The van der Waals surface area contributed by atoms with Crippen LogP contribution in [0.4, 0.5) is 4.79 Å². The molecular formula is C19H26N2O5. The van der Waals surface area contributed by atoms with Crippen LogP contribution in [0, 0.1) is 5.92 Å². The lowest BCUT2D eigenvalue weighted by atomic mass is 9.94. The molecule has 0 saturated carbocycles. The number of esters is 1. The summed E-state index contributed by atoms with van der Waals surface area (Å²) < 4.78 is 16.1. The van der Waals surface area contributed by atoms with Crippen molar-refractivity contribution in [1.82, 2.24) is 10.6 Å². The van der Waals surface area contributed by atoms with Gasteiger partial charge < -0.3 is 24.8 Å². The molecule has 2 rings (SSSR count). The first-order chi connectivity index (χ1) is 12.4. The van der Waals surface area contributed by atoms with E-state index in [9.17, 15) is 9.59 Å². The number of carbonyl (C=O) groups is 2. The van der Waals surface area contributed by atoms with E-state index in [2.05, 4.69) is 24.5 Å². The molecule has 1 aliphatic heterocycles. The Bertz CT molecular complexity index is 712. The van der Waals surface area contributed by atoms with Gasteiger partial charge in [0.2, 0.25) is 0 Å². The van der Waals surface area contributed by atoms with Gasteiger partial charge in [-0.1, -0.05) is 13.8 Å². The summed E-state index contributed by atoms with van der Waals surface area (Å²) in [4.78, 5) is 24.7. The van der Waals surface area contributed by atoms with E-state index in [1.54, 1.807) is 32.2 Å². The summed E-state index contributed by atoms with van der Waals surface area (Å²) in [5, 5.41) is 5.41. The summed E-state index contributed by atoms with van der Waals surface area (Å²) in [6.45, 7) is 6.12. The topological polar surface area (TPSA) is 85.9 Å². The van der Waals surface area contributed by atoms with Gasteiger partial charge >= 0.3 is 12.0 Å². The predicted molar refractivity (Wildman–Crippen MR) is 97.1 cm³/mol. The van der Waals surface area contributed by atoms with Crippen LogP contribution in [0.1, 0.15) is 38.8 Å². The molecule has 7 nitrogen and oxygen atoms in total. The Morgan fingerprint density at radius 2 is 1.96 bits per heavy atom. The van der Waals surface area contributed by atoms with Crippen molar-refractivity contribution in [2.75, 3.05) is 20.8 Å². The molecule has 0 unspecified atom stereocenters. The number of hydrogen-bond donors (Lipinski definition) is 2. The molecule has 0 spiro atoms. The van der Waals surface area contributed by atoms with E-state index >= 15 is 0 Å². The molecule has 7 heteroatoms. The second-order valence-corrected chi connectivity index (χ2v) is 6.50. The number of urea groups is 1. The number of methoxy groups -OCH3 is 2. The fourth-order valence-corrected chi connectivity index (χ4v) is 2.73. The molecule has 0 fully saturated rings. The van der Waals surface area contributed by atoms with E-state index in [0.29, 0.717) is 40.9 Å². The number of carbonyl (C=O) groups excluding carboxylic acids is 2. The van der Waals surface area contributed by atoms with E-state index < -0.39 is 18.0 Å². The van der Waals surface area contributed by atoms with E-state index in [0.717, 1.165) is 6.42 Å². The summed E-state index contributed by atoms with van der Waals surface area (Å²) >= 11 is 0. The first kappa shape index (κ1) is 19.6. The van der Waals surface area contributed by atoms with Crippen molar-refractivity contribution in [3.63, 3.8) is 0 Å². The highest BCUT2D eigenvalue weighted by atomic mass is 16.5. The number of hydrogen-bond acceptors (Lipinski definition) is 5. The zero-order valence-corrected chi connectivity index (χ0v) is 15.8. The number of amides is 2. The molecule has 0 saturated heterocycles. The van der Waals surface area contributed by atoms with Gasteiger partial charge in [-0.15, -0.1) is 0 Å². The normalized spacial score (nSPS) is 16.8. The third-order valence-corrected chi connectivity index (χ3v) is 4.17. The zero-order valence-electron chi connectivity index (χ0n) is 15.8. The summed E-state index contributed by atoms with van der Waals surface area (Å²) in [5.74, 6) is 1.10. The average molecular weight is 362 g/mol. The molecule has 1 heterocycles. The van der Waals surface area contributed by atoms with E-state index in [1.165, 1.54) is 7.11 Å². The molecule has 0 bridgehead atoms. The average Bonchev–Trinajstić information content (AvgIpc) is 2.59. The van der Waals surface area contributed by atoms with Crippen molar-refractivity contribution in [3.8, 4) is 11.5 Å².